The van der Waals surface area contributed by atoms with Crippen LogP contribution in [0.1, 0.15) is 23.8 Å². The number of aliphatic hydroxyl groups excluding tert-OH is 1. The van der Waals surface area contributed by atoms with Gasteiger partial charge < -0.3 is 5.11 Å². The van der Waals surface area contributed by atoms with Crippen molar-refractivity contribution in [3.63, 3.8) is 0 Å². The highest BCUT2D eigenvalue weighted by Gasteiger charge is 2.08. The Morgan fingerprint density at radius 3 is 2.62 bits per heavy atom. The molecule has 1 atom stereocenters. The molecule has 0 spiro atoms. The summed E-state index contributed by atoms with van der Waals surface area (Å²) in [4.78, 5) is 8.02. The van der Waals surface area contributed by atoms with Crippen molar-refractivity contribution in [1.82, 2.24) is 9.97 Å². The van der Waals surface area contributed by atoms with Crippen LogP contribution in [0, 0.1) is 0 Å². The van der Waals surface area contributed by atoms with Crippen LogP contribution in [0.25, 0.3) is 0 Å². The Kier molecular flexibility index (Phi) is 3.62. The summed E-state index contributed by atoms with van der Waals surface area (Å²) in [5.74, 6) is 0. The number of nitrogens with zero attached hydrogens (tertiary/aromatic N) is 2. The first-order chi connectivity index (χ1) is 7.86. The molecule has 16 heavy (non-hydrogen) atoms. The molecule has 0 amide bonds. The molecule has 82 valence electrons. The van der Waals surface area contributed by atoms with Crippen molar-refractivity contribution in [3.8, 4) is 0 Å². The minimum Gasteiger partial charge on any atom is -0.387 e. The molecule has 0 saturated heterocycles. The third-order valence-electron chi connectivity index (χ3n) is 2.47. The first kappa shape index (κ1) is 10.8. The number of benzene rings is 1. The fraction of sp³-hybridized carbons (Fsp3) is 0.231. The molecule has 2 rings (SSSR count). The maximum absolute atomic E-state index is 9.88. The lowest BCUT2D eigenvalue weighted by molar-refractivity contribution is 0.162. The summed E-state index contributed by atoms with van der Waals surface area (Å²) in [6.45, 7) is 0. The van der Waals surface area contributed by atoms with Gasteiger partial charge in [0, 0.05) is 12.4 Å². The van der Waals surface area contributed by atoms with Crippen LogP contribution < -0.4 is 0 Å². The zero-order valence-electron chi connectivity index (χ0n) is 8.95. The molecule has 3 heteroatoms. The van der Waals surface area contributed by atoms with Crippen LogP contribution in [-0.2, 0) is 6.42 Å². The first-order valence-electron chi connectivity index (χ1n) is 5.34. The second kappa shape index (κ2) is 5.37. The van der Waals surface area contributed by atoms with Crippen LogP contribution in [0.5, 0.6) is 0 Å². The van der Waals surface area contributed by atoms with Gasteiger partial charge >= 0.3 is 0 Å². The monoisotopic (exact) mass is 214 g/mol. The van der Waals surface area contributed by atoms with Crippen molar-refractivity contribution in [2.75, 3.05) is 0 Å². The second-order valence-electron chi connectivity index (χ2n) is 3.67. The van der Waals surface area contributed by atoms with Crippen LogP contribution in [0.15, 0.2) is 48.9 Å². The van der Waals surface area contributed by atoms with Gasteiger partial charge in [-0.2, -0.15) is 0 Å². The van der Waals surface area contributed by atoms with Crippen molar-refractivity contribution in [1.29, 1.82) is 0 Å². The Hall–Kier alpha value is -1.74. The first-order valence-corrected chi connectivity index (χ1v) is 5.34. The normalized spacial score (nSPS) is 12.3. The van der Waals surface area contributed by atoms with Gasteiger partial charge in [-0.1, -0.05) is 30.3 Å². The van der Waals surface area contributed by atoms with E-state index >= 15 is 0 Å². The molecule has 1 aromatic heterocycles. The Labute approximate surface area is 94.8 Å². The van der Waals surface area contributed by atoms with Crippen LogP contribution >= 0.6 is 0 Å². The predicted molar refractivity (Wildman–Crippen MR) is 61.8 cm³/mol. The van der Waals surface area contributed by atoms with E-state index in [4.69, 9.17) is 0 Å². The van der Waals surface area contributed by atoms with E-state index in [0.717, 1.165) is 6.42 Å². The van der Waals surface area contributed by atoms with Gasteiger partial charge in [0.2, 0.25) is 0 Å². The lowest BCUT2D eigenvalue weighted by Gasteiger charge is -2.08. The molecule has 0 aliphatic carbocycles. The predicted octanol–water partition coefficient (Wildman–Crippen LogP) is 2.14. The smallest absolute Gasteiger partial charge is 0.0978 e. The Morgan fingerprint density at radius 2 is 1.94 bits per heavy atom. The summed E-state index contributed by atoms with van der Waals surface area (Å²) in [5.41, 5.74) is 1.86. The number of hydrogen-bond acceptors (Lipinski definition) is 3. The third-order valence-corrected chi connectivity index (χ3v) is 2.47. The maximum atomic E-state index is 9.88. The van der Waals surface area contributed by atoms with Gasteiger partial charge in [-0.3, -0.25) is 9.97 Å². The summed E-state index contributed by atoms with van der Waals surface area (Å²) in [6, 6.07) is 10.1. The molecule has 1 heterocycles. The van der Waals surface area contributed by atoms with E-state index in [1.165, 1.54) is 5.56 Å². The molecule has 0 bridgehead atoms. The zero-order valence-corrected chi connectivity index (χ0v) is 8.95. The SMILES string of the molecule is OC(CCc1ccccc1)c1cnccn1. The molecule has 1 unspecified atom stereocenters. The summed E-state index contributed by atoms with van der Waals surface area (Å²) < 4.78 is 0. The van der Waals surface area contributed by atoms with Crippen molar-refractivity contribution < 1.29 is 5.11 Å². The highest BCUT2D eigenvalue weighted by molar-refractivity contribution is 5.15. The maximum Gasteiger partial charge on any atom is 0.0978 e. The molecule has 0 fully saturated rings. The fourth-order valence-corrected chi connectivity index (χ4v) is 1.58. The number of rotatable bonds is 4. The van der Waals surface area contributed by atoms with Gasteiger partial charge in [0.05, 0.1) is 18.0 Å². The summed E-state index contributed by atoms with van der Waals surface area (Å²) >= 11 is 0. The molecule has 0 aliphatic rings. The van der Waals surface area contributed by atoms with E-state index in [0.29, 0.717) is 12.1 Å². The average Bonchev–Trinajstić information content (AvgIpc) is 2.38. The van der Waals surface area contributed by atoms with Crippen LogP contribution in [0.2, 0.25) is 0 Å². The van der Waals surface area contributed by atoms with E-state index in [1.54, 1.807) is 18.6 Å². The van der Waals surface area contributed by atoms with Gasteiger partial charge in [0.1, 0.15) is 0 Å². The zero-order chi connectivity index (χ0) is 11.2. The lowest BCUT2D eigenvalue weighted by atomic mass is 10.1. The number of aromatic nitrogens is 2. The molecule has 0 saturated carbocycles. The van der Waals surface area contributed by atoms with Crippen LogP contribution in [-0.4, -0.2) is 15.1 Å². The van der Waals surface area contributed by atoms with E-state index < -0.39 is 6.10 Å². The summed E-state index contributed by atoms with van der Waals surface area (Å²) in [5, 5.41) is 9.88. The third kappa shape index (κ3) is 2.87. The molecule has 3 nitrogen and oxygen atoms in total. The second-order valence-corrected chi connectivity index (χ2v) is 3.67. The highest BCUT2D eigenvalue weighted by atomic mass is 16.3. The molecule has 1 aromatic carbocycles. The largest absolute Gasteiger partial charge is 0.387 e. The quantitative estimate of drug-likeness (QED) is 0.848. The van der Waals surface area contributed by atoms with Gasteiger partial charge in [-0.05, 0) is 18.4 Å². The van der Waals surface area contributed by atoms with Crippen LogP contribution in [0.4, 0.5) is 0 Å². The molecular weight excluding hydrogens is 200 g/mol. The molecule has 1 N–H and O–H groups in total. The Balaban J connectivity index is 1.92. The minimum atomic E-state index is -0.533. The number of hydrogen-bond donors (Lipinski definition) is 1. The molecule has 0 aliphatic heterocycles. The Bertz CT molecular complexity index is 416. The molecule has 0 radical (unpaired) electrons. The van der Waals surface area contributed by atoms with E-state index in [1.807, 2.05) is 18.2 Å². The van der Waals surface area contributed by atoms with E-state index in [-0.39, 0.29) is 0 Å². The summed E-state index contributed by atoms with van der Waals surface area (Å²) in [6.07, 6.45) is 5.79. The highest BCUT2D eigenvalue weighted by Crippen LogP contribution is 2.15. The standard InChI is InChI=1S/C13H14N2O/c16-13(12-10-14-8-9-15-12)7-6-11-4-2-1-3-5-11/h1-5,8-10,13,16H,6-7H2. The van der Waals surface area contributed by atoms with E-state index in [9.17, 15) is 5.11 Å². The van der Waals surface area contributed by atoms with Crippen molar-refractivity contribution in [2.45, 2.75) is 18.9 Å². The number of aryl methyl sites for hydroxylation is 1. The minimum absolute atomic E-state index is 0.533. The van der Waals surface area contributed by atoms with E-state index in [2.05, 4.69) is 22.1 Å². The van der Waals surface area contributed by atoms with Gasteiger partial charge in [0.15, 0.2) is 0 Å². The van der Waals surface area contributed by atoms with Gasteiger partial charge in [-0.15, -0.1) is 0 Å². The van der Waals surface area contributed by atoms with Crippen LogP contribution in [0.3, 0.4) is 0 Å². The number of aliphatic hydroxyl groups is 1. The van der Waals surface area contributed by atoms with Gasteiger partial charge in [-0.25, -0.2) is 0 Å². The topological polar surface area (TPSA) is 46.0 Å². The average molecular weight is 214 g/mol. The van der Waals surface area contributed by atoms with Gasteiger partial charge in [0.25, 0.3) is 0 Å². The summed E-state index contributed by atoms with van der Waals surface area (Å²) in [7, 11) is 0. The fourth-order valence-electron chi connectivity index (χ4n) is 1.58. The van der Waals surface area contributed by atoms with Crippen molar-refractivity contribution in [3.05, 3.63) is 60.2 Å². The molecular formula is C13H14N2O. The van der Waals surface area contributed by atoms with Crippen molar-refractivity contribution >= 4 is 0 Å². The molecule has 2 aromatic rings. The Morgan fingerprint density at radius 1 is 1.12 bits per heavy atom. The lowest BCUT2D eigenvalue weighted by Crippen LogP contribution is -2.02. The van der Waals surface area contributed by atoms with Crippen molar-refractivity contribution in [2.24, 2.45) is 0 Å².